The van der Waals surface area contributed by atoms with Gasteiger partial charge in [-0.05, 0) is 23.8 Å². The van der Waals surface area contributed by atoms with E-state index in [4.69, 9.17) is 5.73 Å². The van der Waals surface area contributed by atoms with E-state index in [1.807, 2.05) is 54.6 Å². The zero-order valence-electron chi connectivity index (χ0n) is 10.8. The molecule has 2 amide bonds. The topological polar surface area (TPSA) is 58.4 Å². The van der Waals surface area contributed by atoms with Crippen LogP contribution >= 0.6 is 0 Å². The Balaban J connectivity index is 1.98. The third kappa shape index (κ3) is 3.48. The van der Waals surface area contributed by atoms with Crippen molar-refractivity contribution in [2.24, 2.45) is 0 Å². The molecule has 0 aliphatic heterocycles. The number of amides is 2. The molecular formula is C15H17N3O. The Hall–Kier alpha value is -2.49. The number of hydrogen-bond acceptors (Lipinski definition) is 2. The minimum absolute atomic E-state index is 0.158. The quantitative estimate of drug-likeness (QED) is 0.828. The molecule has 0 fully saturated rings. The minimum Gasteiger partial charge on any atom is -0.398 e. The van der Waals surface area contributed by atoms with Gasteiger partial charge in [0.15, 0.2) is 0 Å². The number of nitrogens with one attached hydrogen (secondary N) is 1. The van der Waals surface area contributed by atoms with Gasteiger partial charge < -0.3 is 16.0 Å². The molecule has 0 spiro atoms. The van der Waals surface area contributed by atoms with Crippen LogP contribution in [0.5, 0.6) is 0 Å². The van der Waals surface area contributed by atoms with Crippen LogP contribution < -0.4 is 11.1 Å². The second-order valence-electron chi connectivity index (χ2n) is 4.35. The number of nitrogens with two attached hydrogens (primary N) is 1. The molecule has 0 unspecified atom stereocenters. The molecule has 0 aliphatic carbocycles. The predicted molar refractivity (Wildman–Crippen MR) is 77.8 cm³/mol. The summed E-state index contributed by atoms with van der Waals surface area (Å²) in [5, 5.41) is 2.83. The molecule has 0 aliphatic rings. The maximum Gasteiger partial charge on any atom is 0.321 e. The molecule has 2 rings (SSSR count). The average molecular weight is 255 g/mol. The molecule has 0 saturated carbocycles. The highest BCUT2D eigenvalue weighted by atomic mass is 16.2. The normalized spacial score (nSPS) is 9.95. The van der Waals surface area contributed by atoms with E-state index < -0.39 is 0 Å². The van der Waals surface area contributed by atoms with E-state index in [0.29, 0.717) is 12.2 Å². The van der Waals surface area contributed by atoms with Crippen molar-refractivity contribution >= 4 is 17.4 Å². The Morgan fingerprint density at radius 3 is 2.42 bits per heavy atom. The summed E-state index contributed by atoms with van der Waals surface area (Å²) < 4.78 is 0. The number of nitrogens with zero attached hydrogens (tertiary/aromatic N) is 1. The lowest BCUT2D eigenvalue weighted by molar-refractivity contribution is 0.221. The highest BCUT2D eigenvalue weighted by molar-refractivity contribution is 5.89. The molecule has 0 aromatic heterocycles. The summed E-state index contributed by atoms with van der Waals surface area (Å²) in [6, 6.07) is 16.7. The van der Waals surface area contributed by atoms with Gasteiger partial charge in [0.1, 0.15) is 0 Å². The second-order valence-corrected chi connectivity index (χ2v) is 4.35. The van der Waals surface area contributed by atoms with E-state index in [-0.39, 0.29) is 6.03 Å². The Morgan fingerprint density at radius 2 is 1.74 bits per heavy atom. The summed E-state index contributed by atoms with van der Waals surface area (Å²) in [7, 11) is 1.74. The van der Waals surface area contributed by atoms with Crippen molar-refractivity contribution in [2.75, 3.05) is 18.1 Å². The van der Waals surface area contributed by atoms with Gasteiger partial charge in [-0.1, -0.05) is 36.4 Å². The molecule has 0 atom stereocenters. The second kappa shape index (κ2) is 5.91. The van der Waals surface area contributed by atoms with E-state index >= 15 is 0 Å². The SMILES string of the molecule is CN(Cc1ccccc1N)C(=O)Nc1ccccc1. The number of rotatable bonds is 3. The third-order valence-corrected chi connectivity index (χ3v) is 2.83. The molecule has 0 radical (unpaired) electrons. The zero-order chi connectivity index (χ0) is 13.7. The van der Waals surface area contributed by atoms with E-state index in [0.717, 1.165) is 11.3 Å². The molecule has 2 aromatic carbocycles. The van der Waals surface area contributed by atoms with Crippen molar-refractivity contribution in [1.29, 1.82) is 0 Å². The smallest absolute Gasteiger partial charge is 0.321 e. The van der Waals surface area contributed by atoms with Crippen LogP contribution in [0.15, 0.2) is 54.6 Å². The highest BCUT2D eigenvalue weighted by Gasteiger charge is 2.10. The maximum absolute atomic E-state index is 12.0. The van der Waals surface area contributed by atoms with Crippen molar-refractivity contribution in [3.05, 3.63) is 60.2 Å². The summed E-state index contributed by atoms with van der Waals surface area (Å²) >= 11 is 0. The van der Waals surface area contributed by atoms with Crippen molar-refractivity contribution < 1.29 is 4.79 Å². The first-order chi connectivity index (χ1) is 9.16. The van der Waals surface area contributed by atoms with Crippen molar-refractivity contribution in [3.63, 3.8) is 0 Å². The Bertz CT molecular complexity index is 554. The number of benzene rings is 2. The van der Waals surface area contributed by atoms with Crippen LogP contribution in [-0.2, 0) is 6.54 Å². The lowest BCUT2D eigenvalue weighted by atomic mass is 10.2. The van der Waals surface area contributed by atoms with Gasteiger partial charge in [0.05, 0.1) is 0 Å². The standard InChI is InChI=1S/C15H17N3O/c1-18(11-12-7-5-6-10-14(12)16)15(19)17-13-8-3-2-4-9-13/h2-10H,11,16H2,1H3,(H,17,19). The van der Waals surface area contributed by atoms with Crippen LogP contribution in [0.3, 0.4) is 0 Å². The zero-order valence-corrected chi connectivity index (χ0v) is 10.8. The van der Waals surface area contributed by atoms with Gasteiger partial charge in [0, 0.05) is 25.0 Å². The Kier molecular flexibility index (Phi) is 4.03. The fourth-order valence-electron chi connectivity index (χ4n) is 1.75. The predicted octanol–water partition coefficient (Wildman–Crippen LogP) is 2.93. The molecule has 0 heterocycles. The van der Waals surface area contributed by atoms with E-state index in [9.17, 15) is 4.79 Å². The average Bonchev–Trinajstić information content (AvgIpc) is 2.42. The largest absolute Gasteiger partial charge is 0.398 e. The summed E-state index contributed by atoms with van der Waals surface area (Å²) in [5.74, 6) is 0. The number of carbonyl (C=O) groups excluding carboxylic acids is 1. The Labute approximate surface area is 112 Å². The minimum atomic E-state index is -0.158. The molecule has 0 bridgehead atoms. The highest BCUT2D eigenvalue weighted by Crippen LogP contribution is 2.13. The lowest BCUT2D eigenvalue weighted by Crippen LogP contribution is -2.31. The lowest BCUT2D eigenvalue weighted by Gasteiger charge is -2.19. The van der Waals surface area contributed by atoms with Crippen molar-refractivity contribution in [2.45, 2.75) is 6.54 Å². The number of hydrogen-bond donors (Lipinski definition) is 2. The monoisotopic (exact) mass is 255 g/mol. The van der Waals surface area contributed by atoms with Gasteiger partial charge in [-0.25, -0.2) is 4.79 Å². The van der Waals surface area contributed by atoms with Crippen LogP contribution in [0.25, 0.3) is 0 Å². The molecule has 2 aromatic rings. The molecule has 98 valence electrons. The van der Waals surface area contributed by atoms with E-state index in [1.165, 1.54) is 0 Å². The fourth-order valence-corrected chi connectivity index (χ4v) is 1.75. The number of nitrogen functional groups attached to an aromatic ring is 1. The van der Waals surface area contributed by atoms with Gasteiger partial charge in [0.2, 0.25) is 0 Å². The summed E-state index contributed by atoms with van der Waals surface area (Å²) in [4.78, 5) is 13.6. The van der Waals surface area contributed by atoms with Gasteiger partial charge in [0.25, 0.3) is 0 Å². The number of para-hydroxylation sites is 2. The summed E-state index contributed by atoms with van der Waals surface area (Å²) in [5.41, 5.74) is 8.28. The van der Waals surface area contributed by atoms with Crippen LogP contribution in [0, 0.1) is 0 Å². The summed E-state index contributed by atoms with van der Waals surface area (Å²) in [6.07, 6.45) is 0. The third-order valence-electron chi connectivity index (χ3n) is 2.83. The van der Waals surface area contributed by atoms with Gasteiger partial charge >= 0.3 is 6.03 Å². The van der Waals surface area contributed by atoms with Crippen LogP contribution in [0.4, 0.5) is 16.2 Å². The molecular weight excluding hydrogens is 238 g/mol. The van der Waals surface area contributed by atoms with Crippen LogP contribution in [0.1, 0.15) is 5.56 Å². The van der Waals surface area contributed by atoms with Crippen LogP contribution in [-0.4, -0.2) is 18.0 Å². The molecule has 19 heavy (non-hydrogen) atoms. The maximum atomic E-state index is 12.0. The summed E-state index contributed by atoms with van der Waals surface area (Å²) in [6.45, 7) is 0.478. The van der Waals surface area contributed by atoms with Gasteiger partial charge in [-0.15, -0.1) is 0 Å². The van der Waals surface area contributed by atoms with Crippen molar-refractivity contribution in [1.82, 2.24) is 4.90 Å². The van der Waals surface area contributed by atoms with Crippen LogP contribution in [0.2, 0.25) is 0 Å². The number of anilines is 2. The van der Waals surface area contributed by atoms with Gasteiger partial charge in [-0.3, -0.25) is 0 Å². The molecule has 4 heteroatoms. The first-order valence-corrected chi connectivity index (χ1v) is 6.07. The first kappa shape index (κ1) is 13.0. The number of urea groups is 1. The molecule has 0 saturated heterocycles. The fraction of sp³-hybridized carbons (Fsp3) is 0.133. The van der Waals surface area contributed by atoms with Crippen molar-refractivity contribution in [3.8, 4) is 0 Å². The van der Waals surface area contributed by atoms with E-state index in [1.54, 1.807) is 11.9 Å². The van der Waals surface area contributed by atoms with E-state index in [2.05, 4.69) is 5.32 Å². The number of carbonyl (C=O) groups is 1. The van der Waals surface area contributed by atoms with Gasteiger partial charge in [-0.2, -0.15) is 0 Å². The first-order valence-electron chi connectivity index (χ1n) is 6.07. The molecule has 3 N–H and O–H groups in total. The molecule has 4 nitrogen and oxygen atoms in total. The Morgan fingerprint density at radius 1 is 1.11 bits per heavy atom.